The van der Waals surface area contributed by atoms with E-state index in [-0.39, 0.29) is 5.24 Å². The van der Waals surface area contributed by atoms with Crippen LogP contribution in [0, 0.1) is 0 Å². The van der Waals surface area contributed by atoms with E-state index < -0.39 is 0 Å². The van der Waals surface area contributed by atoms with Gasteiger partial charge < -0.3 is 11.1 Å². The zero-order valence-electron chi connectivity index (χ0n) is 10.6. The van der Waals surface area contributed by atoms with Crippen molar-refractivity contribution >= 4 is 17.9 Å². The lowest BCUT2D eigenvalue weighted by Crippen LogP contribution is -2.15. The van der Waals surface area contributed by atoms with Gasteiger partial charge in [0.1, 0.15) is 0 Å². The highest BCUT2D eigenvalue weighted by atomic mass is 32.1. The van der Waals surface area contributed by atoms with Crippen molar-refractivity contribution in [1.82, 2.24) is 5.32 Å². The van der Waals surface area contributed by atoms with Crippen LogP contribution >= 0.6 is 12.6 Å². The highest BCUT2D eigenvalue weighted by Gasteiger charge is 1.91. The van der Waals surface area contributed by atoms with E-state index in [2.05, 4.69) is 17.9 Å². The molecule has 0 saturated carbocycles. The molecular formula is C15H18N2OS. The normalized spacial score (nSPS) is 9.16. The Morgan fingerprint density at radius 3 is 1.79 bits per heavy atom. The Balaban J connectivity index is 0.000000200. The fourth-order valence-electron chi connectivity index (χ4n) is 1.39. The van der Waals surface area contributed by atoms with Gasteiger partial charge in [0.15, 0.2) is 0 Å². The molecule has 4 heteroatoms. The van der Waals surface area contributed by atoms with Crippen molar-refractivity contribution in [3.05, 3.63) is 71.8 Å². The summed E-state index contributed by atoms with van der Waals surface area (Å²) in [4.78, 5) is 10.4. The zero-order valence-corrected chi connectivity index (χ0v) is 11.5. The molecular weight excluding hydrogens is 256 g/mol. The van der Waals surface area contributed by atoms with Crippen molar-refractivity contribution in [1.29, 1.82) is 0 Å². The Morgan fingerprint density at radius 1 is 0.947 bits per heavy atom. The highest BCUT2D eigenvalue weighted by molar-refractivity contribution is 7.96. The van der Waals surface area contributed by atoms with Gasteiger partial charge in [0, 0.05) is 13.1 Å². The largest absolute Gasteiger partial charge is 0.343 e. The molecule has 19 heavy (non-hydrogen) atoms. The van der Waals surface area contributed by atoms with Crippen molar-refractivity contribution in [2.24, 2.45) is 5.73 Å². The average molecular weight is 274 g/mol. The van der Waals surface area contributed by atoms with Crippen molar-refractivity contribution < 1.29 is 4.79 Å². The number of hydrogen-bond acceptors (Lipinski definition) is 2. The molecule has 3 N–H and O–H groups in total. The average Bonchev–Trinajstić information content (AvgIpc) is 2.48. The maximum Gasteiger partial charge on any atom is 0.276 e. The van der Waals surface area contributed by atoms with E-state index in [1.807, 2.05) is 60.7 Å². The molecule has 100 valence electrons. The molecule has 0 unspecified atom stereocenters. The van der Waals surface area contributed by atoms with E-state index in [0.29, 0.717) is 13.1 Å². The summed E-state index contributed by atoms with van der Waals surface area (Å²) in [5.41, 5.74) is 7.62. The number of thiol groups is 1. The molecule has 2 aromatic carbocycles. The van der Waals surface area contributed by atoms with Gasteiger partial charge in [0.25, 0.3) is 5.24 Å². The molecule has 0 spiro atoms. The van der Waals surface area contributed by atoms with Crippen molar-refractivity contribution in [3.63, 3.8) is 0 Å². The second kappa shape index (κ2) is 9.19. The van der Waals surface area contributed by atoms with E-state index in [1.54, 1.807) is 0 Å². The lowest BCUT2D eigenvalue weighted by Gasteiger charge is -1.99. The van der Waals surface area contributed by atoms with Gasteiger partial charge in [0.05, 0.1) is 0 Å². The summed E-state index contributed by atoms with van der Waals surface area (Å²) in [6.45, 7) is 1.18. The van der Waals surface area contributed by atoms with Crippen LogP contribution in [-0.4, -0.2) is 5.24 Å². The molecule has 3 nitrogen and oxygen atoms in total. The molecule has 0 radical (unpaired) electrons. The smallest absolute Gasteiger partial charge is 0.276 e. The van der Waals surface area contributed by atoms with Gasteiger partial charge in [0.2, 0.25) is 0 Å². The summed E-state index contributed by atoms with van der Waals surface area (Å²) in [6.07, 6.45) is 0. The van der Waals surface area contributed by atoms with Crippen LogP contribution in [0.15, 0.2) is 60.7 Å². The Labute approximate surface area is 119 Å². The third-order valence-corrected chi connectivity index (χ3v) is 2.52. The number of rotatable bonds is 3. The molecule has 0 aliphatic heterocycles. The maximum atomic E-state index is 10.4. The van der Waals surface area contributed by atoms with Gasteiger partial charge >= 0.3 is 0 Å². The Morgan fingerprint density at radius 2 is 1.42 bits per heavy atom. The van der Waals surface area contributed by atoms with Crippen LogP contribution in [0.4, 0.5) is 4.79 Å². The van der Waals surface area contributed by atoms with Crippen LogP contribution in [0.2, 0.25) is 0 Å². The minimum atomic E-state index is -0.297. The molecule has 0 atom stereocenters. The first-order chi connectivity index (χ1) is 9.22. The number of carbonyl (C=O) groups is 1. The molecule has 0 aliphatic rings. The SMILES string of the molecule is NCc1ccccc1.O=C(S)NCc1ccccc1. The minimum absolute atomic E-state index is 0.297. The number of benzene rings is 2. The topological polar surface area (TPSA) is 55.1 Å². The van der Waals surface area contributed by atoms with Crippen molar-refractivity contribution in [3.8, 4) is 0 Å². The predicted molar refractivity (Wildman–Crippen MR) is 82.0 cm³/mol. The van der Waals surface area contributed by atoms with Crippen LogP contribution < -0.4 is 11.1 Å². The van der Waals surface area contributed by atoms with Gasteiger partial charge in [-0.05, 0) is 11.1 Å². The third kappa shape index (κ3) is 7.28. The number of hydrogen-bond donors (Lipinski definition) is 3. The Hall–Kier alpha value is -1.78. The van der Waals surface area contributed by atoms with Gasteiger partial charge in [-0.2, -0.15) is 0 Å². The van der Waals surface area contributed by atoms with Crippen LogP contribution in [0.3, 0.4) is 0 Å². The summed E-state index contributed by atoms with van der Waals surface area (Å²) < 4.78 is 0. The van der Waals surface area contributed by atoms with Gasteiger partial charge in [-0.15, -0.1) is 0 Å². The summed E-state index contributed by atoms with van der Waals surface area (Å²) >= 11 is 3.58. The quantitative estimate of drug-likeness (QED) is 0.754. The molecule has 0 bridgehead atoms. The first-order valence-electron chi connectivity index (χ1n) is 5.97. The second-order valence-corrected chi connectivity index (χ2v) is 4.24. The van der Waals surface area contributed by atoms with Crippen LogP contribution in [-0.2, 0) is 13.1 Å². The molecule has 0 heterocycles. The standard InChI is InChI=1S/C8H9NOS.C7H9N/c10-8(11)9-6-7-4-2-1-3-5-7;8-6-7-4-2-1-3-5-7/h1-5H,6H2,(H2,9,10,11);1-5H,6,8H2. The fourth-order valence-corrected chi connectivity index (χ4v) is 1.47. The number of nitrogens with two attached hydrogens (primary N) is 1. The molecule has 2 rings (SSSR count). The Bertz CT molecular complexity index is 474. The predicted octanol–water partition coefficient (Wildman–Crippen LogP) is 2.97. The van der Waals surface area contributed by atoms with E-state index in [4.69, 9.17) is 5.73 Å². The molecule has 2 aromatic rings. The number of nitrogens with one attached hydrogen (secondary N) is 1. The first kappa shape index (κ1) is 15.3. The van der Waals surface area contributed by atoms with Crippen LogP contribution in [0.1, 0.15) is 11.1 Å². The minimum Gasteiger partial charge on any atom is -0.343 e. The summed E-state index contributed by atoms with van der Waals surface area (Å²) in [6, 6.07) is 19.7. The third-order valence-electron chi connectivity index (χ3n) is 2.37. The zero-order chi connectivity index (χ0) is 13.9. The van der Waals surface area contributed by atoms with E-state index in [0.717, 1.165) is 5.56 Å². The van der Waals surface area contributed by atoms with Gasteiger partial charge in [-0.1, -0.05) is 73.3 Å². The summed E-state index contributed by atoms with van der Waals surface area (Å²) in [5.74, 6) is 0. The van der Waals surface area contributed by atoms with E-state index >= 15 is 0 Å². The van der Waals surface area contributed by atoms with E-state index in [1.165, 1.54) is 5.56 Å². The van der Waals surface area contributed by atoms with Gasteiger partial charge in [-0.25, -0.2) is 0 Å². The van der Waals surface area contributed by atoms with Gasteiger partial charge in [-0.3, -0.25) is 4.79 Å². The van der Waals surface area contributed by atoms with Crippen LogP contribution in [0.25, 0.3) is 0 Å². The molecule has 0 fully saturated rings. The maximum absolute atomic E-state index is 10.4. The molecule has 1 amide bonds. The summed E-state index contributed by atoms with van der Waals surface area (Å²) in [7, 11) is 0. The Kier molecular flexibility index (Phi) is 7.39. The van der Waals surface area contributed by atoms with Crippen molar-refractivity contribution in [2.75, 3.05) is 0 Å². The first-order valence-corrected chi connectivity index (χ1v) is 6.42. The number of amides is 1. The number of carbonyl (C=O) groups excluding carboxylic acids is 1. The van der Waals surface area contributed by atoms with Crippen molar-refractivity contribution in [2.45, 2.75) is 13.1 Å². The molecule has 0 aromatic heterocycles. The molecule has 0 aliphatic carbocycles. The van der Waals surface area contributed by atoms with E-state index in [9.17, 15) is 4.79 Å². The fraction of sp³-hybridized carbons (Fsp3) is 0.133. The summed E-state index contributed by atoms with van der Waals surface area (Å²) in [5, 5.41) is 2.29. The lowest BCUT2D eigenvalue weighted by molar-refractivity contribution is 0.260. The lowest BCUT2D eigenvalue weighted by atomic mass is 10.2. The molecule has 0 saturated heterocycles. The van der Waals surface area contributed by atoms with Crippen LogP contribution in [0.5, 0.6) is 0 Å². The monoisotopic (exact) mass is 274 g/mol. The highest BCUT2D eigenvalue weighted by Crippen LogP contribution is 1.97. The second-order valence-electron chi connectivity index (χ2n) is 3.83.